The molecular weight excluding hydrogens is 402 g/mol. The van der Waals surface area contributed by atoms with E-state index in [2.05, 4.69) is 10.2 Å². The van der Waals surface area contributed by atoms with E-state index in [1.807, 2.05) is 6.07 Å². The van der Waals surface area contributed by atoms with Crippen LogP contribution in [-0.2, 0) is 16.1 Å². The molecular formula is C20H25ClF2N4O2. The molecule has 29 heavy (non-hydrogen) atoms. The number of anilines is 1. The van der Waals surface area contributed by atoms with Gasteiger partial charge in [-0.3, -0.25) is 14.5 Å². The van der Waals surface area contributed by atoms with Crippen LogP contribution in [0.3, 0.4) is 0 Å². The first kappa shape index (κ1) is 20.3. The third kappa shape index (κ3) is 4.48. The Morgan fingerprint density at radius 1 is 1.17 bits per heavy atom. The van der Waals surface area contributed by atoms with Crippen LogP contribution < -0.4 is 11.1 Å². The number of rotatable bonds is 5. The number of fused-ring (bicyclic) bond motifs is 1. The summed E-state index contributed by atoms with van der Waals surface area (Å²) in [6.45, 7) is 3.12. The molecule has 1 aromatic rings. The van der Waals surface area contributed by atoms with E-state index in [9.17, 15) is 18.4 Å². The third-order valence-corrected chi connectivity index (χ3v) is 6.58. The first-order valence-corrected chi connectivity index (χ1v) is 10.3. The van der Waals surface area contributed by atoms with Crippen LogP contribution in [0.25, 0.3) is 0 Å². The Morgan fingerprint density at radius 3 is 2.48 bits per heavy atom. The summed E-state index contributed by atoms with van der Waals surface area (Å²) in [5, 5.41) is 3.28. The summed E-state index contributed by atoms with van der Waals surface area (Å²) in [7, 11) is 0. The van der Waals surface area contributed by atoms with Crippen molar-refractivity contribution in [2.75, 3.05) is 38.5 Å². The number of amides is 2. The van der Waals surface area contributed by atoms with Gasteiger partial charge in [0.25, 0.3) is 0 Å². The standard InChI is InChI=1S/C20H25ClF2N4O2/c21-13-1-2-16(24)12(7-13)11-26-3-5-27(6-4-26)17(28)10-25-19(29)18-14-8-20(22,23)9-15(14)18/h1-2,7,14-15,18H,3-6,8-11,24H2,(H,25,29)/t14-,15+,18-. The topological polar surface area (TPSA) is 78.7 Å². The van der Waals surface area contributed by atoms with Gasteiger partial charge in [0.2, 0.25) is 17.7 Å². The smallest absolute Gasteiger partial charge is 0.248 e. The number of alkyl halides is 2. The lowest BCUT2D eigenvalue weighted by atomic mass is 10.1. The van der Waals surface area contributed by atoms with Gasteiger partial charge >= 0.3 is 0 Å². The summed E-state index contributed by atoms with van der Waals surface area (Å²) >= 11 is 6.03. The SMILES string of the molecule is Nc1ccc(Cl)cc1CN1CCN(C(=O)CNC(=O)[C@@H]2[C@@H]3CC(F)(F)C[C@@H]32)CC1. The van der Waals surface area contributed by atoms with Crippen molar-refractivity contribution in [3.63, 3.8) is 0 Å². The number of nitrogen functional groups attached to an aromatic ring is 1. The Kier molecular flexibility index (Phi) is 5.42. The normalized spacial score (nSPS) is 28.1. The van der Waals surface area contributed by atoms with Crippen LogP contribution in [0.5, 0.6) is 0 Å². The van der Waals surface area contributed by atoms with Crippen molar-refractivity contribution in [3.05, 3.63) is 28.8 Å². The lowest BCUT2D eigenvalue weighted by Crippen LogP contribution is -2.51. The first-order chi connectivity index (χ1) is 13.7. The van der Waals surface area contributed by atoms with Crippen molar-refractivity contribution in [3.8, 4) is 0 Å². The molecule has 3 fully saturated rings. The number of hydrogen-bond donors (Lipinski definition) is 2. The average Bonchev–Trinajstić information content (AvgIpc) is 3.21. The molecule has 2 amide bonds. The molecule has 0 spiro atoms. The number of nitrogens with one attached hydrogen (secondary N) is 1. The summed E-state index contributed by atoms with van der Waals surface area (Å²) in [4.78, 5) is 28.5. The van der Waals surface area contributed by atoms with Gasteiger partial charge in [-0.05, 0) is 35.6 Å². The zero-order valence-electron chi connectivity index (χ0n) is 16.0. The van der Waals surface area contributed by atoms with E-state index in [1.165, 1.54) is 0 Å². The minimum Gasteiger partial charge on any atom is -0.398 e. The maximum Gasteiger partial charge on any atom is 0.248 e. The molecule has 2 aliphatic carbocycles. The Labute approximate surface area is 173 Å². The van der Waals surface area contributed by atoms with Crippen molar-refractivity contribution >= 4 is 29.1 Å². The molecule has 3 N–H and O–H groups in total. The van der Waals surface area contributed by atoms with Crippen LogP contribution >= 0.6 is 11.6 Å². The Balaban J connectivity index is 1.19. The minimum atomic E-state index is -2.63. The molecule has 1 aromatic carbocycles. The molecule has 6 nitrogen and oxygen atoms in total. The Morgan fingerprint density at radius 2 is 1.83 bits per heavy atom. The van der Waals surface area contributed by atoms with Gasteiger partial charge in [0.15, 0.2) is 0 Å². The maximum atomic E-state index is 13.2. The first-order valence-electron chi connectivity index (χ1n) is 9.93. The molecule has 1 saturated heterocycles. The lowest BCUT2D eigenvalue weighted by Gasteiger charge is -2.35. The molecule has 1 aliphatic heterocycles. The van der Waals surface area contributed by atoms with E-state index in [1.54, 1.807) is 17.0 Å². The van der Waals surface area contributed by atoms with E-state index in [4.69, 9.17) is 17.3 Å². The summed E-state index contributed by atoms with van der Waals surface area (Å²) in [5.74, 6) is -3.82. The van der Waals surface area contributed by atoms with E-state index in [0.717, 1.165) is 5.56 Å². The van der Waals surface area contributed by atoms with Gasteiger partial charge in [0, 0.05) is 62.2 Å². The van der Waals surface area contributed by atoms with Crippen molar-refractivity contribution < 1.29 is 18.4 Å². The fourth-order valence-electron chi connectivity index (χ4n) is 4.66. The predicted octanol–water partition coefficient (Wildman–Crippen LogP) is 1.97. The number of halogens is 3. The zero-order valence-corrected chi connectivity index (χ0v) is 16.8. The van der Waals surface area contributed by atoms with Gasteiger partial charge in [-0.15, -0.1) is 0 Å². The molecule has 0 unspecified atom stereocenters. The number of hydrogen-bond acceptors (Lipinski definition) is 4. The van der Waals surface area contributed by atoms with Gasteiger partial charge < -0.3 is 16.0 Å². The van der Waals surface area contributed by atoms with Gasteiger partial charge in [-0.25, -0.2) is 8.78 Å². The highest BCUT2D eigenvalue weighted by atomic mass is 35.5. The molecule has 0 bridgehead atoms. The summed E-state index contributed by atoms with van der Waals surface area (Å²) in [6.07, 6.45) is -0.411. The fourth-order valence-corrected chi connectivity index (χ4v) is 4.86. The summed E-state index contributed by atoms with van der Waals surface area (Å²) in [5.41, 5.74) is 7.65. The molecule has 1 heterocycles. The van der Waals surface area contributed by atoms with Crippen LogP contribution in [0, 0.1) is 17.8 Å². The molecule has 3 aliphatic rings. The second kappa shape index (κ2) is 7.72. The van der Waals surface area contributed by atoms with Crippen LogP contribution in [0.4, 0.5) is 14.5 Å². The molecule has 2 saturated carbocycles. The van der Waals surface area contributed by atoms with Crippen LogP contribution in [0.2, 0.25) is 5.02 Å². The van der Waals surface area contributed by atoms with Crippen LogP contribution in [0.15, 0.2) is 18.2 Å². The summed E-state index contributed by atoms with van der Waals surface area (Å²) < 4.78 is 26.4. The number of carbonyl (C=O) groups is 2. The van der Waals surface area contributed by atoms with E-state index in [0.29, 0.717) is 43.4 Å². The molecule has 3 atom stereocenters. The van der Waals surface area contributed by atoms with Gasteiger partial charge in [-0.2, -0.15) is 0 Å². The third-order valence-electron chi connectivity index (χ3n) is 6.34. The molecule has 4 rings (SSSR count). The van der Waals surface area contributed by atoms with Crippen molar-refractivity contribution in [1.82, 2.24) is 15.1 Å². The average molecular weight is 427 g/mol. The second-order valence-electron chi connectivity index (χ2n) is 8.34. The largest absolute Gasteiger partial charge is 0.398 e. The van der Waals surface area contributed by atoms with Crippen molar-refractivity contribution in [1.29, 1.82) is 0 Å². The van der Waals surface area contributed by atoms with Crippen molar-refractivity contribution in [2.45, 2.75) is 25.3 Å². The van der Waals surface area contributed by atoms with Gasteiger partial charge in [0.1, 0.15) is 0 Å². The predicted molar refractivity (Wildman–Crippen MR) is 105 cm³/mol. The monoisotopic (exact) mass is 426 g/mol. The molecule has 0 aromatic heterocycles. The van der Waals surface area contributed by atoms with Crippen LogP contribution in [0.1, 0.15) is 18.4 Å². The van der Waals surface area contributed by atoms with Crippen LogP contribution in [-0.4, -0.2) is 60.3 Å². The van der Waals surface area contributed by atoms with E-state index in [-0.39, 0.29) is 49.0 Å². The quantitative estimate of drug-likeness (QED) is 0.706. The number of nitrogens with two attached hydrogens (primary N) is 1. The Hall–Kier alpha value is -1.93. The fraction of sp³-hybridized carbons (Fsp3) is 0.600. The second-order valence-corrected chi connectivity index (χ2v) is 8.77. The zero-order chi connectivity index (χ0) is 20.8. The lowest BCUT2D eigenvalue weighted by molar-refractivity contribution is -0.135. The summed E-state index contributed by atoms with van der Waals surface area (Å²) in [6, 6.07) is 5.40. The number of nitrogens with zero attached hydrogens (tertiary/aromatic N) is 2. The minimum absolute atomic E-state index is 0.0770. The van der Waals surface area contributed by atoms with Crippen molar-refractivity contribution in [2.24, 2.45) is 17.8 Å². The molecule has 9 heteroatoms. The number of piperazine rings is 1. The molecule has 158 valence electrons. The van der Waals surface area contributed by atoms with Gasteiger partial charge in [-0.1, -0.05) is 11.6 Å². The Bertz CT molecular complexity index is 800. The number of carbonyl (C=O) groups excluding carboxylic acids is 2. The van der Waals surface area contributed by atoms with E-state index >= 15 is 0 Å². The highest BCUT2D eigenvalue weighted by Crippen LogP contribution is 2.62. The number of benzene rings is 1. The van der Waals surface area contributed by atoms with E-state index < -0.39 is 5.92 Å². The molecule has 0 radical (unpaired) electrons. The van der Waals surface area contributed by atoms with Gasteiger partial charge in [0.05, 0.1) is 6.54 Å². The highest BCUT2D eigenvalue weighted by Gasteiger charge is 2.65. The highest BCUT2D eigenvalue weighted by molar-refractivity contribution is 6.30. The maximum absolute atomic E-state index is 13.2.